The lowest BCUT2D eigenvalue weighted by Crippen LogP contribution is -2.47. The molecule has 0 aliphatic carbocycles. The number of ether oxygens (including phenoxy) is 1. The Morgan fingerprint density at radius 3 is 3.00 bits per heavy atom. The van der Waals surface area contributed by atoms with Gasteiger partial charge in [-0.15, -0.1) is 11.3 Å². The second-order valence-electron chi connectivity index (χ2n) is 6.61. The van der Waals surface area contributed by atoms with Gasteiger partial charge in [-0.1, -0.05) is 0 Å². The van der Waals surface area contributed by atoms with Gasteiger partial charge in [0.15, 0.2) is 0 Å². The number of piperidine rings is 1. The molecular weight excluding hydrogens is 350 g/mol. The number of thiazole rings is 1. The fourth-order valence-electron chi connectivity index (χ4n) is 3.89. The normalized spacial score (nSPS) is 22.2. The first-order valence-electron chi connectivity index (χ1n) is 8.57. The highest BCUT2D eigenvalue weighted by molar-refractivity contribution is 7.07. The van der Waals surface area contributed by atoms with Crippen LogP contribution in [0.3, 0.4) is 0 Å². The first-order valence-corrected chi connectivity index (χ1v) is 9.51. The predicted octanol–water partition coefficient (Wildman–Crippen LogP) is 2.05. The van der Waals surface area contributed by atoms with E-state index in [9.17, 15) is 10.1 Å². The van der Waals surface area contributed by atoms with Gasteiger partial charge in [0.25, 0.3) is 0 Å². The fourth-order valence-corrected chi connectivity index (χ4v) is 4.44. The Hall–Kier alpha value is -2.66. The van der Waals surface area contributed by atoms with Gasteiger partial charge in [0.05, 0.1) is 36.5 Å². The maximum atomic E-state index is 13.0. The summed E-state index contributed by atoms with van der Waals surface area (Å²) in [6.07, 6.45) is 3.51. The number of carbonyl (C=O) groups excluding carboxylic acids is 1. The van der Waals surface area contributed by atoms with Crippen molar-refractivity contribution in [2.24, 2.45) is 5.92 Å². The van der Waals surface area contributed by atoms with Crippen molar-refractivity contribution in [2.75, 3.05) is 25.1 Å². The highest BCUT2D eigenvalue weighted by atomic mass is 32.1. The second-order valence-corrected chi connectivity index (χ2v) is 7.32. The molecule has 2 aromatic heterocycles. The van der Waals surface area contributed by atoms with E-state index in [4.69, 9.17) is 4.74 Å². The summed E-state index contributed by atoms with van der Waals surface area (Å²) in [4.78, 5) is 25.5. The van der Waals surface area contributed by atoms with E-state index in [0.29, 0.717) is 31.1 Å². The van der Waals surface area contributed by atoms with Crippen LogP contribution in [0.4, 0.5) is 5.69 Å². The lowest BCUT2D eigenvalue weighted by Gasteiger charge is -2.35. The van der Waals surface area contributed by atoms with E-state index in [-0.39, 0.29) is 17.9 Å². The Bertz CT molecular complexity index is 848. The highest BCUT2D eigenvalue weighted by Gasteiger charge is 2.41. The molecule has 8 heteroatoms. The average molecular weight is 369 g/mol. The summed E-state index contributed by atoms with van der Waals surface area (Å²) in [6.45, 7) is 1.88. The van der Waals surface area contributed by atoms with Crippen molar-refractivity contribution in [1.29, 1.82) is 5.26 Å². The number of amides is 1. The SMILES string of the molecule is COc1nccc(N2C[C@@H]3CC[C@H](C2)N(Cc2cscn2)C3=O)c1C#N. The Labute approximate surface area is 155 Å². The molecule has 5 rings (SSSR count). The Morgan fingerprint density at radius 2 is 2.27 bits per heavy atom. The van der Waals surface area contributed by atoms with Crippen molar-refractivity contribution >= 4 is 22.9 Å². The fraction of sp³-hybridized carbons (Fsp3) is 0.444. The van der Waals surface area contributed by atoms with Gasteiger partial charge in [-0.05, 0) is 18.9 Å². The second kappa shape index (κ2) is 6.92. The minimum Gasteiger partial charge on any atom is -0.480 e. The van der Waals surface area contributed by atoms with E-state index in [0.717, 1.165) is 24.2 Å². The maximum Gasteiger partial charge on any atom is 0.233 e. The van der Waals surface area contributed by atoms with Gasteiger partial charge >= 0.3 is 0 Å². The molecule has 2 aromatic rings. The van der Waals surface area contributed by atoms with Crippen molar-refractivity contribution in [1.82, 2.24) is 14.9 Å². The van der Waals surface area contributed by atoms with Gasteiger partial charge in [-0.2, -0.15) is 5.26 Å². The number of aromatic nitrogens is 2. The zero-order valence-corrected chi connectivity index (χ0v) is 15.3. The molecule has 26 heavy (non-hydrogen) atoms. The molecule has 3 saturated heterocycles. The summed E-state index contributed by atoms with van der Waals surface area (Å²) in [5, 5.41) is 11.6. The van der Waals surface area contributed by atoms with Crippen LogP contribution in [0.15, 0.2) is 23.2 Å². The van der Waals surface area contributed by atoms with E-state index >= 15 is 0 Å². The van der Waals surface area contributed by atoms with Crippen LogP contribution in [0.5, 0.6) is 5.88 Å². The molecule has 2 atom stereocenters. The average Bonchev–Trinajstić information content (AvgIpc) is 3.04. The molecule has 0 N–H and O–H groups in total. The quantitative estimate of drug-likeness (QED) is 0.820. The maximum absolute atomic E-state index is 13.0. The van der Waals surface area contributed by atoms with E-state index in [1.165, 1.54) is 7.11 Å². The summed E-state index contributed by atoms with van der Waals surface area (Å²) in [5.74, 6) is 0.460. The molecule has 0 saturated carbocycles. The Kier molecular flexibility index (Phi) is 4.47. The van der Waals surface area contributed by atoms with Crippen LogP contribution >= 0.6 is 11.3 Å². The molecule has 7 nitrogen and oxygen atoms in total. The van der Waals surface area contributed by atoms with Crippen molar-refractivity contribution in [2.45, 2.75) is 25.4 Å². The van der Waals surface area contributed by atoms with Gasteiger partial charge in [0.2, 0.25) is 11.8 Å². The van der Waals surface area contributed by atoms with E-state index in [1.54, 1.807) is 23.0 Å². The summed E-state index contributed by atoms with van der Waals surface area (Å²) >= 11 is 1.54. The van der Waals surface area contributed by atoms with Crippen LogP contribution in [0.25, 0.3) is 0 Å². The molecule has 3 aliphatic rings. The number of methoxy groups -OCH3 is 1. The Balaban J connectivity index is 1.64. The van der Waals surface area contributed by atoms with Crippen LogP contribution in [-0.2, 0) is 11.3 Å². The molecule has 2 bridgehead atoms. The van der Waals surface area contributed by atoms with Gasteiger partial charge in [-0.25, -0.2) is 9.97 Å². The molecule has 3 fully saturated rings. The van der Waals surface area contributed by atoms with Crippen LogP contribution < -0.4 is 9.64 Å². The van der Waals surface area contributed by atoms with E-state index < -0.39 is 0 Å². The zero-order chi connectivity index (χ0) is 18.1. The number of nitrogens with zero attached hydrogens (tertiary/aromatic N) is 5. The minimum atomic E-state index is -0.0573. The first kappa shape index (κ1) is 16.8. The van der Waals surface area contributed by atoms with Gasteiger partial charge in [0.1, 0.15) is 11.6 Å². The topological polar surface area (TPSA) is 82.3 Å². The van der Waals surface area contributed by atoms with Crippen molar-refractivity contribution < 1.29 is 9.53 Å². The number of anilines is 1. The molecule has 0 aromatic carbocycles. The largest absolute Gasteiger partial charge is 0.480 e. The van der Waals surface area contributed by atoms with E-state index in [2.05, 4.69) is 20.9 Å². The molecule has 3 aliphatic heterocycles. The third kappa shape index (κ3) is 2.88. The molecule has 134 valence electrons. The molecule has 1 amide bonds. The summed E-state index contributed by atoms with van der Waals surface area (Å²) in [6, 6.07) is 4.16. The molecule has 0 radical (unpaired) electrons. The van der Waals surface area contributed by atoms with Crippen molar-refractivity contribution in [3.8, 4) is 11.9 Å². The van der Waals surface area contributed by atoms with Gasteiger partial charge < -0.3 is 14.5 Å². The van der Waals surface area contributed by atoms with Crippen LogP contribution in [0.2, 0.25) is 0 Å². The number of rotatable bonds is 4. The summed E-state index contributed by atoms with van der Waals surface area (Å²) < 4.78 is 5.24. The molecule has 0 spiro atoms. The molecule has 5 heterocycles. The number of pyridine rings is 1. The van der Waals surface area contributed by atoms with Gasteiger partial charge in [-0.3, -0.25) is 4.79 Å². The lowest BCUT2D eigenvalue weighted by atomic mass is 9.94. The number of hydrogen-bond acceptors (Lipinski definition) is 7. The zero-order valence-electron chi connectivity index (χ0n) is 14.5. The predicted molar refractivity (Wildman–Crippen MR) is 96.9 cm³/mol. The number of nitriles is 1. The third-order valence-electron chi connectivity index (χ3n) is 5.15. The van der Waals surface area contributed by atoms with Gasteiger partial charge in [0, 0.05) is 30.7 Å². The summed E-state index contributed by atoms with van der Waals surface area (Å²) in [5.41, 5.74) is 3.95. The minimum absolute atomic E-state index is 0.0573. The lowest BCUT2D eigenvalue weighted by molar-refractivity contribution is -0.140. The highest BCUT2D eigenvalue weighted by Crippen LogP contribution is 2.35. The first-order chi connectivity index (χ1) is 12.7. The number of carbonyl (C=O) groups is 1. The number of hydrogen-bond donors (Lipinski definition) is 0. The smallest absolute Gasteiger partial charge is 0.233 e. The summed E-state index contributed by atoms with van der Waals surface area (Å²) in [7, 11) is 1.51. The third-order valence-corrected chi connectivity index (χ3v) is 5.78. The molecular formula is C18H19N5O2S. The van der Waals surface area contributed by atoms with E-state index in [1.807, 2.05) is 16.3 Å². The standard InChI is InChI=1S/C18H19N5O2S/c1-25-17-15(6-19)16(4-5-20-17)22-7-12-2-3-14(9-22)23(18(12)24)8-13-10-26-11-21-13/h4-5,10-12,14H,2-3,7-9H2,1H3/t12-,14+/m0/s1. The van der Waals surface area contributed by atoms with Crippen LogP contribution in [0, 0.1) is 17.2 Å². The Morgan fingerprint density at radius 1 is 1.38 bits per heavy atom. The number of fused-ring (bicyclic) bond motifs is 4. The molecule has 0 unspecified atom stereocenters. The van der Waals surface area contributed by atoms with Crippen molar-refractivity contribution in [3.05, 3.63) is 34.4 Å². The monoisotopic (exact) mass is 369 g/mol. The van der Waals surface area contributed by atoms with Crippen molar-refractivity contribution in [3.63, 3.8) is 0 Å². The van der Waals surface area contributed by atoms with Crippen LogP contribution in [-0.4, -0.2) is 47.0 Å². The van der Waals surface area contributed by atoms with Crippen LogP contribution in [0.1, 0.15) is 24.1 Å².